The van der Waals surface area contributed by atoms with E-state index < -0.39 is 10.0 Å². The fourth-order valence-electron chi connectivity index (χ4n) is 0.538. The number of nitrogen functional groups attached to an aromatic ring is 1. The van der Waals surface area contributed by atoms with Crippen LogP contribution in [0.5, 0.6) is 0 Å². The number of sulfonamides is 1. The Morgan fingerprint density at radius 3 is 2.17 bits per heavy atom. The predicted molar refractivity (Wildman–Crippen MR) is 41.2 cm³/mol. The minimum Gasteiger partial charge on any atom is -0.292 e. The molecule has 0 amide bonds. The zero-order valence-electron chi connectivity index (χ0n) is 5.93. The van der Waals surface area contributed by atoms with Gasteiger partial charge in [0.2, 0.25) is 16.0 Å². The third-order valence-corrected chi connectivity index (χ3v) is 1.95. The summed E-state index contributed by atoms with van der Waals surface area (Å²) in [6.45, 7) is 0. The Bertz CT molecular complexity index is 358. The minimum absolute atomic E-state index is 0.127. The molecule has 0 aromatic carbocycles. The molecule has 0 unspecified atom stereocenters. The molecule has 0 saturated carbocycles. The maximum atomic E-state index is 10.7. The Hall–Kier alpha value is -1.25. The van der Waals surface area contributed by atoms with Gasteiger partial charge in [-0.15, -0.1) is 0 Å². The Labute approximate surface area is 68.8 Å². The molecule has 0 bridgehead atoms. The predicted octanol–water partition coefficient (Wildman–Crippen LogP) is -1.59. The van der Waals surface area contributed by atoms with Gasteiger partial charge in [0, 0.05) is 0 Å². The van der Waals surface area contributed by atoms with Crippen molar-refractivity contribution in [3.05, 3.63) is 12.4 Å². The molecule has 0 radical (unpaired) electrons. The molecule has 0 atom stereocenters. The van der Waals surface area contributed by atoms with Gasteiger partial charge in [0.25, 0.3) is 0 Å². The van der Waals surface area contributed by atoms with Crippen molar-refractivity contribution < 1.29 is 8.42 Å². The smallest absolute Gasteiger partial charge is 0.241 e. The van der Waals surface area contributed by atoms with Crippen LogP contribution in [0.25, 0.3) is 0 Å². The first-order chi connectivity index (χ1) is 5.54. The van der Waals surface area contributed by atoms with Crippen LogP contribution in [0.15, 0.2) is 17.3 Å². The second kappa shape index (κ2) is 3.01. The third kappa shape index (κ3) is 1.87. The molecule has 1 aromatic heterocycles. The van der Waals surface area contributed by atoms with Crippen molar-refractivity contribution >= 4 is 16.0 Å². The van der Waals surface area contributed by atoms with Crippen molar-refractivity contribution in [3.8, 4) is 0 Å². The highest BCUT2D eigenvalue weighted by Gasteiger charge is 2.07. The number of nitrogens with zero attached hydrogens (tertiary/aromatic N) is 2. The van der Waals surface area contributed by atoms with Crippen molar-refractivity contribution in [2.45, 2.75) is 4.90 Å². The standard InChI is InChI=1S/C4H7N5O2S/c5-9-4-7-1-3(2-8-4)12(6,10)11/h1-2H,5H2,(H2,6,10,11)(H,7,8,9). The molecule has 66 valence electrons. The van der Waals surface area contributed by atoms with Crippen LogP contribution in [0, 0.1) is 0 Å². The summed E-state index contributed by atoms with van der Waals surface area (Å²) in [5.74, 6) is 5.08. The Kier molecular flexibility index (Phi) is 2.22. The second-order valence-electron chi connectivity index (χ2n) is 1.93. The van der Waals surface area contributed by atoms with E-state index in [9.17, 15) is 8.42 Å². The van der Waals surface area contributed by atoms with E-state index in [1.165, 1.54) is 0 Å². The number of anilines is 1. The van der Waals surface area contributed by atoms with E-state index in [1.54, 1.807) is 0 Å². The van der Waals surface area contributed by atoms with Crippen LogP contribution in [0.2, 0.25) is 0 Å². The lowest BCUT2D eigenvalue weighted by Crippen LogP contribution is -2.15. The minimum atomic E-state index is -3.72. The topological polar surface area (TPSA) is 124 Å². The number of nitrogens with one attached hydrogen (secondary N) is 1. The summed E-state index contributed by atoms with van der Waals surface area (Å²) in [5.41, 5.74) is 2.15. The highest BCUT2D eigenvalue weighted by Crippen LogP contribution is 2.03. The van der Waals surface area contributed by atoms with Crippen molar-refractivity contribution in [3.63, 3.8) is 0 Å². The largest absolute Gasteiger partial charge is 0.292 e. The van der Waals surface area contributed by atoms with Gasteiger partial charge >= 0.3 is 0 Å². The molecule has 0 aliphatic carbocycles. The van der Waals surface area contributed by atoms with Gasteiger partial charge in [-0.3, -0.25) is 5.43 Å². The average molecular weight is 189 g/mol. The summed E-state index contributed by atoms with van der Waals surface area (Å²) in [6.07, 6.45) is 2.13. The van der Waals surface area contributed by atoms with Crippen LogP contribution >= 0.6 is 0 Å². The first kappa shape index (κ1) is 8.84. The van der Waals surface area contributed by atoms with Gasteiger partial charge in [-0.05, 0) is 0 Å². The summed E-state index contributed by atoms with van der Waals surface area (Å²) >= 11 is 0. The molecule has 0 saturated heterocycles. The van der Waals surface area contributed by atoms with Gasteiger partial charge < -0.3 is 0 Å². The maximum absolute atomic E-state index is 10.7. The quantitative estimate of drug-likeness (QED) is 0.380. The lowest BCUT2D eigenvalue weighted by Gasteiger charge is -1.98. The molecular weight excluding hydrogens is 182 g/mol. The van der Waals surface area contributed by atoms with Crippen LogP contribution in [0.1, 0.15) is 0 Å². The summed E-state index contributed by atoms with van der Waals surface area (Å²) in [4.78, 5) is 6.96. The van der Waals surface area contributed by atoms with E-state index in [2.05, 4.69) is 15.4 Å². The van der Waals surface area contributed by atoms with Gasteiger partial charge in [0.05, 0.1) is 12.4 Å². The average Bonchev–Trinajstić information content (AvgIpc) is 2.03. The van der Waals surface area contributed by atoms with Crippen molar-refractivity contribution in [1.29, 1.82) is 0 Å². The van der Waals surface area contributed by atoms with Crippen LogP contribution in [0.3, 0.4) is 0 Å². The Morgan fingerprint density at radius 1 is 1.33 bits per heavy atom. The highest BCUT2D eigenvalue weighted by atomic mass is 32.2. The van der Waals surface area contributed by atoms with E-state index in [0.717, 1.165) is 12.4 Å². The van der Waals surface area contributed by atoms with E-state index >= 15 is 0 Å². The summed E-state index contributed by atoms with van der Waals surface area (Å²) in [5, 5.41) is 4.79. The molecule has 0 spiro atoms. The molecule has 7 nitrogen and oxygen atoms in total. The van der Waals surface area contributed by atoms with Crippen LogP contribution in [0.4, 0.5) is 5.95 Å². The monoisotopic (exact) mass is 189 g/mol. The Balaban J connectivity index is 3.09. The summed E-state index contributed by atoms with van der Waals surface area (Å²) in [7, 11) is -3.72. The lowest BCUT2D eigenvalue weighted by atomic mass is 10.7. The zero-order valence-corrected chi connectivity index (χ0v) is 6.75. The molecule has 12 heavy (non-hydrogen) atoms. The first-order valence-electron chi connectivity index (χ1n) is 2.85. The van der Waals surface area contributed by atoms with Gasteiger partial charge in [0.15, 0.2) is 0 Å². The van der Waals surface area contributed by atoms with Crippen molar-refractivity contribution in [1.82, 2.24) is 9.97 Å². The molecule has 5 N–H and O–H groups in total. The lowest BCUT2D eigenvalue weighted by molar-refractivity contribution is 0.597. The molecule has 0 aliphatic rings. The zero-order chi connectivity index (χ0) is 9.19. The number of aromatic nitrogens is 2. The molecular formula is C4H7N5O2S. The van der Waals surface area contributed by atoms with Crippen molar-refractivity contribution in [2.75, 3.05) is 5.43 Å². The number of nitrogens with two attached hydrogens (primary N) is 2. The van der Waals surface area contributed by atoms with Crippen LogP contribution < -0.4 is 16.4 Å². The van der Waals surface area contributed by atoms with E-state index in [1.807, 2.05) is 0 Å². The fourth-order valence-corrected chi connectivity index (χ4v) is 0.937. The van der Waals surface area contributed by atoms with Crippen LogP contribution in [-0.2, 0) is 10.0 Å². The second-order valence-corrected chi connectivity index (χ2v) is 3.49. The highest BCUT2D eigenvalue weighted by molar-refractivity contribution is 7.89. The molecule has 8 heteroatoms. The fraction of sp³-hybridized carbons (Fsp3) is 0. The van der Waals surface area contributed by atoms with Crippen molar-refractivity contribution in [2.24, 2.45) is 11.0 Å². The molecule has 1 heterocycles. The van der Waals surface area contributed by atoms with Crippen LogP contribution in [-0.4, -0.2) is 18.4 Å². The SMILES string of the molecule is NNc1ncc(S(N)(=O)=O)cn1. The van der Waals surface area contributed by atoms with E-state index in [-0.39, 0.29) is 10.8 Å². The van der Waals surface area contributed by atoms with Gasteiger partial charge in [0.1, 0.15) is 4.90 Å². The van der Waals surface area contributed by atoms with Gasteiger partial charge in [-0.1, -0.05) is 0 Å². The Morgan fingerprint density at radius 2 is 1.83 bits per heavy atom. The van der Waals surface area contributed by atoms with E-state index in [4.69, 9.17) is 11.0 Å². The van der Waals surface area contributed by atoms with E-state index in [0.29, 0.717) is 0 Å². The number of primary sulfonamides is 1. The number of hydrogen-bond acceptors (Lipinski definition) is 6. The first-order valence-corrected chi connectivity index (χ1v) is 4.40. The molecule has 1 rings (SSSR count). The maximum Gasteiger partial charge on any atom is 0.241 e. The number of rotatable bonds is 2. The number of hydrazine groups is 1. The summed E-state index contributed by atoms with van der Waals surface area (Å²) < 4.78 is 21.4. The molecule has 1 aromatic rings. The third-order valence-electron chi connectivity index (χ3n) is 1.09. The summed E-state index contributed by atoms with van der Waals surface area (Å²) in [6, 6.07) is 0. The van der Waals surface area contributed by atoms with Gasteiger partial charge in [-0.25, -0.2) is 29.4 Å². The van der Waals surface area contributed by atoms with Gasteiger partial charge in [-0.2, -0.15) is 0 Å². The molecule has 0 fully saturated rings. The molecule has 0 aliphatic heterocycles. The normalized spacial score (nSPS) is 11.2. The number of hydrogen-bond donors (Lipinski definition) is 3.